The van der Waals surface area contributed by atoms with Crippen molar-refractivity contribution in [2.45, 2.75) is 32.0 Å². The Balaban J connectivity index is 1.71. The van der Waals surface area contributed by atoms with Crippen molar-refractivity contribution < 1.29 is 5.11 Å². The third-order valence-corrected chi connectivity index (χ3v) is 3.49. The molecule has 0 bridgehead atoms. The minimum absolute atomic E-state index is 0.257. The smallest absolute Gasteiger partial charge is 0.0704 e. The predicted octanol–water partition coefficient (Wildman–Crippen LogP) is 2.23. The molecule has 0 amide bonds. The fourth-order valence-electron chi connectivity index (χ4n) is 2.08. The molecule has 0 fully saturated rings. The van der Waals surface area contributed by atoms with Crippen LogP contribution in [0, 0.1) is 0 Å². The van der Waals surface area contributed by atoms with Crippen molar-refractivity contribution in [2.24, 2.45) is 0 Å². The lowest BCUT2D eigenvalue weighted by molar-refractivity contribution is 0.166. The summed E-state index contributed by atoms with van der Waals surface area (Å²) in [6, 6.07) is 10.3. The fraction of sp³-hybridized carbons (Fsp3) is 0.400. The van der Waals surface area contributed by atoms with Crippen LogP contribution in [0.25, 0.3) is 0 Å². The number of hydrogen-bond donors (Lipinski definition) is 2. The average molecular weight is 338 g/mol. The number of aromatic nitrogens is 2. The Bertz CT molecular complexity index is 515. The largest absolute Gasteiger partial charge is 0.391 e. The summed E-state index contributed by atoms with van der Waals surface area (Å²) in [6.07, 6.45) is 4.02. The van der Waals surface area contributed by atoms with Crippen LogP contribution in [0.15, 0.2) is 47.2 Å². The van der Waals surface area contributed by atoms with Crippen molar-refractivity contribution >= 4 is 15.9 Å². The van der Waals surface area contributed by atoms with Gasteiger partial charge >= 0.3 is 0 Å². The highest BCUT2D eigenvalue weighted by atomic mass is 79.9. The van der Waals surface area contributed by atoms with Gasteiger partial charge in [-0.15, -0.1) is 0 Å². The third-order valence-electron chi connectivity index (χ3n) is 3.08. The SMILES string of the molecule is C[C@H](Cn1cc(Br)cn1)NC[C@@H](O)Cc1ccccc1. The summed E-state index contributed by atoms with van der Waals surface area (Å²) in [4.78, 5) is 0. The van der Waals surface area contributed by atoms with Crippen LogP contribution >= 0.6 is 15.9 Å². The molecule has 0 aliphatic rings. The van der Waals surface area contributed by atoms with Gasteiger partial charge in [0, 0.05) is 18.8 Å². The van der Waals surface area contributed by atoms with E-state index < -0.39 is 0 Å². The number of hydrogen-bond acceptors (Lipinski definition) is 3. The minimum atomic E-state index is -0.371. The Kier molecular flexibility index (Phi) is 5.76. The van der Waals surface area contributed by atoms with E-state index in [1.165, 1.54) is 0 Å². The molecule has 20 heavy (non-hydrogen) atoms. The lowest BCUT2D eigenvalue weighted by Crippen LogP contribution is -2.37. The first kappa shape index (κ1) is 15.2. The Labute approximate surface area is 127 Å². The fourth-order valence-corrected chi connectivity index (χ4v) is 2.41. The van der Waals surface area contributed by atoms with E-state index >= 15 is 0 Å². The van der Waals surface area contributed by atoms with E-state index in [-0.39, 0.29) is 12.1 Å². The standard InChI is InChI=1S/C15H20BrN3O/c1-12(10-19-11-14(16)8-18-19)17-9-15(20)7-13-5-3-2-4-6-13/h2-6,8,11-12,15,17,20H,7,9-10H2,1H3/t12-,15+/m1/s1. The second-order valence-electron chi connectivity index (χ2n) is 5.03. The second-order valence-corrected chi connectivity index (χ2v) is 5.95. The third kappa shape index (κ3) is 5.07. The summed E-state index contributed by atoms with van der Waals surface area (Å²) < 4.78 is 2.86. The highest BCUT2D eigenvalue weighted by Gasteiger charge is 2.09. The van der Waals surface area contributed by atoms with Crippen LogP contribution in [0.5, 0.6) is 0 Å². The van der Waals surface area contributed by atoms with E-state index in [1.807, 2.05) is 41.2 Å². The van der Waals surface area contributed by atoms with E-state index in [2.05, 4.69) is 33.3 Å². The maximum absolute atomic E-state index is 10.0. The lowest BCUT2D eigenvalue weighted by atomic mass is 10.1. The van der Waals surface area contributed by atoms with Crippen LogP contribution in [-0.2, 0) is 13.0 Å². The highest BCUT2D eigenvalue weighted by molar-refractivity contribution is 9.10. The first-order valence-corrected chi connectivity index (χ1v) is 7.56. The molecule has 0 aliphatic carbocycles. The van der Waals surface area contributed by atoms with Gasteiger partial charge in [-0.2, -0.15) is 5.10 Å². The predicted molar refractivity (Wildman–Crippen MR) is 83.5 cm³/mol. The van der Waals surface area contributed by atoms with Crippen molar-refractivity contribution in [3.05, 3.63) is 52.8 Å². The number of nitrogens with one attached hydrogen (secondary N) is 1. The summed E-state index contributed by atoms with van der Waals surface area (Å²) in [5, 5.41) is 17.6. The summed E-state index contributed by atoms with van der Waals surface area (Å²) in [7, 11) is 0. The molecule has 2 N–H and O–H groups in total. The van der Waals surface area contributed by atoms with E-state index in [1.54, 1.807) is 6.20 Å². The molecule has 0 radical (unpaired) electrons. The second kappa shape index (κ2) is 7.57. The van der Waals surface area contributed by atoms with Crippen molar-refractivity contribution in [3.8, 4) is 0 Å². The van der Waals surface area contributed by atoms with Gasteiger partial charge in [0.2, 0.25) is 0 Å². The van der Waals surface area contributed by atoms with Gasteiger partial charge in [-0.25, -0.2) is 0 Å². The van der Waals surface area contributed by atoms with E-state index in [0.29, 0.717) is 13.0 Å². The van der Waals surface area contributed by atoms with Gasteiger partial charge < -0.3 is 10.4 Å². The average Bonchev–Trinajstić information content (AvgIpc) is 2.83. The van der Waals surface area contributed by atoms with Crippen molar-refractivity contribution in [1.82, 2.24) is 15.1 Å². The van der Waals surface area contributed by atoms with Crippen LogP contribution in [0.2, 0.25) is 0 Å². The van der Waals surface area contributed by atoms with Gasteiger partial charge in [0.1, 0.15) is 0 Å². The zero-order valence-corrected chi connectivity index (χ0v) is 13.1. The summed E-state index contributed by atoms with van der Waals surface area (Å²) in [6.45, 7) is 3.45. The minimum Gasteiger partial charge on any atom is -0.391 e. The molecular formula is C15H20BrN3O. The molecule has 0 unspecified atom stereocenters. The normalized spacial score (nSPS) is 14.2. The molecule has 2 rings (SSSR count). The van der Waals surface area contributed by atoms with Gasteiger partial charge in [0.05, 0.1) is 23.3 Å². The highest BCUT2D eigenvalue weighted by Crippen LogP contribution is 2.07. The van der Waals surface area contributed by atoms with Crippen molar-refractivity contribution in [2.75, 3.05) is 6.54 Å². The molecule has 5 heteroatoms. The summed E-state index contributed by atoms with van der Waals surface area (Å²) in [5.41, 5.74) is 1.16. The Morgan fingerprint density at radius 3 is 2.75 bits per heavy atom. The summed E-state index contributed by atoms with van der Waals surface area (Å²) >= 11 is 3.38. The molecule has 0 saturated heterocycles. The number of benzene rings is 1. The Morgan fingerprint density at radius 1 is 1.35 bits per heavy atom. The van der Waals surface area contributed by atoms with Gasteiger partial charge in [-0.1, -0.05) is 30.3 Å². The molecular weight excluding hydrogens is 318 g/mol. The molecule has 2 aromatic rings. The monoisotopic (exact) mass is 337 g/mol. The van der Waals surface area contributed by atoms with E-state index in [4.69, 9.17) is 0 Å². The zero-order valence-electron chi connectivity index (χ0n) is 11.5. The molecule has 2 atom stereocenters. The summed E-state index contributed by atoms with van der Waals surface area (Å²) in [5.74, 6) is 0. The molecule has 4 nitrogen and oxygen atoms in total. The van der Waals surface area contributed by atoms with E-state index in [0.717, 1.165) is 16.6 Å². The van der Waals surface area contributed by atoms with Crippen LogP contribution in [0.3, 0.4) is 0 Å². The topological polar surface area (TPSA) is 50.1 Å². The maximum Gasteiger partial charge on any atom is 0.0704 e. The van der Waals surface area contributed by atoms with Crippen molar-refractivity contribution in [1.29, 1.82) is 0 Å². The number of aliphatic hydroxyl groups excluding tert-OH is 1. The number of nitrogens with zero attached hydrogens (tertiary/aromatic N) is 2. The van der Waals surface area contributed by atoms with Gasteiger partial charge in [0.15, 0.2) is 0 Å². The Hall–Kier alpha value is -1.17. The van der Waals surface area contributed by atoms with Crippen LogP contribution < -0.4 is 5.32 Å². The number of aliphatic hydroxyl groups is 1. The van der Waals surface area contributed by atoms with Crippen LogP contribution in [0.1, 0.15) is 12.5 Å². The Morgan fingerprint density at radius 2 is 2.10 bits per heavy atom. The van der Waals surface area contributed by atoms with Crippen molar-refractivity contribution in [3.63, 3.8) is 0 Å². The molecule has 0 aliphatic heterocycles. The molecule has 1 aromatic heterocycles. The number of rotatable bonds is 7. The van der Waals surface area contributed by atoms with Gasteiger partial charge in [0.25, 0.3) is 0 Å². The molecule has 1 aromatic carbocycles. The first-order chi connectivity index (χ1) is 9.63. The van der Waals surface area contributed by atoms with Gasteiger partial charge in [-0.05, 0) is 34.8 Å². The first-order valence-electron chi connectivity index (χ1n) is 6.77. The van der Waals surface area contributed by atoms with Crippen LogP contribution in [-0.4, -0.2) is 33.6 Å². The lowest BCUT2D eigenvalue weighted by Gasteiger charge is -2.17. The van der Waals surface area contributed by atoms with Gasteiger partial charge in [-0.3, -0.25) is 4.68 Å². The van der Waals surface area contributed by atoms with Crippen LogP contribution in [0.4, 0.5) is 0 Å². The molecule has 108 valence electrons. The molecule has 0 saturated carbocycles. The number of halogens is 1. The van der Waals surface area contributed by atoms with E-state index in [9.17, 15) is 5.11 Å². The maximum atomic E-state index is 10.0. The quantitative estimate of drug-likeness (QED) is 0.814. The molecule has 0 spiro atoms. The zero-order chi connectivity index (χ0) is 14.4. The molecule has 1 heterocycles.